The average molecular weight is 387 g/mol. The van der Waals surface area contributed by atoms with Crippen LogP contribution in [0.2, 0.25) is 0 Å². The van der Waals surface area contributed by atoms with Crippen molar-refractivity contribution in [2.75, 3.05) is 63.2 Å². The Kier molecular flexibility index (Phi) is 5.99. The Morgan fingerprint density at radius 3 is 2.46 bits per heavy atom. The van der Waals surface area contributed by atoms with Crippen LogP contribution < -0.4 is 9.80 Å². The second-order valence-corrected chi connectivity index (χ2v) is 8.71. The van der Waals surface area contributed by atoms with Crippen molar-refractivity contribution in [1.29, 1.82) is 0 Å². The van der Waals surface area contributed by atoms with Gasteiger partial charge in [-0.3, -0.25) is 9.69 Å². The first kappa shape index (κ1) is 19.4. The Morgan fingerprint density at radius 2 is 1.75 bits per heavy atom. The number of carbonyl (C=O) groups excluding carboxylic acids is 1. The summed E-state index contributed by atoms with van der Waals surface area (Å²) in [7, 11) is 4.02. The summed E-state index contributed by atoms with van der Waals surface area (Å²) in [5.41, 5.74) is 0. The van der Waals surface area contributed by atoms with E-state index in [1.54, 1.807) is 6.33 Å². The van der Waals surface area contributed by atoms with Crippen LogP contribution in [0.15, 0.2) is 12.4 Å². The smallest absolute Gasteiger partial charge is 0.226 e. The van der Waals surface area contributed by atoms with Gasteiger partial charge >= 0.3 is 0 Å². The average Bonchev–Trinajstić information content (AvgIpc) is 3.28. The van der Waals surface area contributed by atoms with Gasteiger partial charge in [-0.25, -0.2) is 9.97 Å². The minimum atomic E-state index is 0.217. The van der Waals surface area contributed by atoms with Gasteiger partial charge in [0.1, 0.15) is 18.0 Å². The summed E-state index contributed by atoms with van der Waals surface area (Å²) in [5.74, 6) is 2.61. The first-order chi connectivity index (χ1) is 13.6. The molecule has 1 amide bonds. The summed E-state index contributed by atoms with van der Waals surface area (Å²) in [5, 5.41) is 0. The van der Waals surface area contributed by atoms with Crippen molar-refractivity contribution < 1.29 is 4.79 Å². The molecule has 154 valence electrons. The maximum absolute atomic E-state index is 12.8. The molecule has 0 saturated carbocycles. The number of likely N-dealkylation sites (tertiary alicyclic amines) is 2. The van der Waals surface area contributed by atoms with Crippen LogP contribution in [0.25, 0.3) is 0 Å². The molecular formula is C21H34N6O. The molecule has 1 aromatic heterocycles. The topological polar surface area (TPSA) is 55.8 Å². The van der Waals surface area contributed by atoms with Gasteiger partial charge in [-0.2, -0.15) is 0 Å². The second kappa shape index (κ2) is 8.64. The molecule has 3 saturated heterocycles. The fraction of sp³-hybridized carbons (Fsp3) is 0.762. The van der Waals surface area contributed by atoms with Gasteiger partial charge < -0.3 is 14.7 Å². The van der Waals surface area contributed by atoms with E-state index in [0.29, 0.717) is 11.9 Å². The lowest BCUT2D eigenvalue weighted by Crippen LogP contribution is -2.51. The Morgan fingerprint density at radius 1 is 1.00 bits per heavy atom. The van der Waals surface area contributed by atoms with Gasteiger partial charge in [0.15, 0.2) is 0 Å². The molecule has 0 spiro atoms. The summed E-state index contributed by atoms with van der Waals surface area (Å²) in [6.07, 6.45) is 8.54. The number of nitrogens with zero attached hydrogens (tertiary/aromatic N) is 6. The fourth-order valence-corrected chi connectivity index (χ4v) is 4.95. The summed E-state index contributed by atoms with van der Waals surface area (Å²) in [4.78, 5) is 30.7. The van der Waals surface area contributed by atoms with Crippen LogP contribution in [-0.4, -0.2) is 85.1 Å². The molecule has 3 fully saturated rings. The van der Waals surface area contributed by atoms with E-state index in [4.69, 9.17) is 0 Å². The normalized spacial score (nSPS) is 24.6. The van der Waals surface area contributed by atoms with Crippen LogP contribution in [0.3, 0.4) is 0 Å². The van der Waals surface area contributed by atoms with E-state index in [1.165, 1.54) is 12.8 Å². The molecule has 1 aromatic rings. The van der Waals surface area contributed by atoms with Crippen LogP contribution in [0.5, 0.6) is 0 Å². The second-order valence-electron chi connectivity index (χ2n) is 8.71. The third-order valence-corrected chi connectivity index (χ3v) is 6.62. The van der Waals surface area contributed by atoms with E-state index in [1.807, 2.05) is 19.0 Å². The predicted molar refractivity (Wildman–Crippen MR) is 112 cm³/mol. The largest absolute Gasteiger partial charge is 0.363 e. The quantitative estimate of drug-likeness (QED) is 0.787. The number of anilines is 2. The Hall–Kier alpha value is -1.89. The first-order valence-electron chi connectivity index (χ1n) is 10.9. The number of aromatic nitrogens is 2. The van der Waals surface area contributed by atoms with Crippen molar-refractivity contribution in [3.8, 4) is 0 Å². The molecule has 0 aliphatic carbocycles. The lowest BCUT2D eigenvalue weighted by Gasteiger charge is -2.42. The van der Waals surface area contributed by atoms with Gasteiger partial charge in [0.05, 0.1) is 5.92 Å². The van der Waals surface area contributed by atoms with Gasteiger partial charge in [-0.15, -0.1) is 0 Å². The summed E-state index contributed by atoms with van der Waals surface area (Å²) < 4.78 is 0. The number of piperidine rings is 2. The Bertz CT molecular complexity index is 667. The zero-order valence-corrected chi connectivity index (χ0v) is 17.4. The molecule has 3 aliphatic heterocycles. The Labute approximate surface area is 168 Å². The van der Waals surface area contributed by atoms with Crippen LogP contribution in [-0.2, 0) is 4.79 Å². The third-order valence-electron chi connectivity index (χ3n) is 6.62. The van der Waals surface area contributed by atoms with Crippen molar-refractivity contribution in [2.45, 2.75) is 44.6 Å². The van der Waals surface area contributed by atoms with Gasteiger partial charge in [-0.1, -0.05) is 0 Å². The van der Waals surface area contributed by atoms with E-state index >= 15 is 0 Å². The number of hydrogen-bond acceptors (Lipinski definition) is 6. The summed E-state index contributed by atoms with van der Waals surface area (Å²) in [6.45, 7) is 6.10. The Balaban J connectivity index is 1.32. The molecule has 4 heterocycles. The molecular weight excluding hydrogens is 352 g/mol. The number of hydrogen-bond donors (Lipinski definition) is 0. The minimum absolute atomic E-state index is 0.217. The highest BCUT2D eigenvalue weighted by Crippen LogP contribution is 2.28. The van der Waals surface area contributed by atoms with E-state index in [-0.39, 0.29) is 5.92 Å². The molecule has 7 nitrogen and oxygen atoms in total. The van der Waals surface area contributed by atoms with Crippen LogP contribution >= 0.6 is 0 Å². The minimum Gasteiger partial charge on any atom is -0.363 e. The molecule has 3 aliphatic rings. The molecule has 28 heavy (non-hydrogen) atoms. The van der Waals surface area contributed by atoms with Crippen molar-refractivity contribution in [3.63, 3.8) is 0 Å². The molecule has 7 heteroatoms. The molecule has 4 rings (SSSR count). The lowest BCUT2D eigenvalue weighted by molar-refractivity contribution is -0.136. The molecule has 0 N–H and O–H groups in total. The molecule has 1 unspecified atom stereocenters. The van der Waals surface area contributed by atoms with E-state index in [9.17, 15) is 4.79 Å². The summed E-state index contributed by atoms with van der Waals surface area (Å²) >= 11 is 0. The highest BCUT2D eigenvalue weighted by molar-refractivity contribution is 5.79. The van der Waals surface area contributed by atoms with Gasteiger partial charge in [-0.05, 0) is 45.1 Å². The zero-order chi connectivity index (χ0) is 19.5. The van der Waals surface area contributed by atoms with Gasteiger partial charge in [0.2, 0.25) is 5.91 Å². The zero-order valence-electron chi connectivity index (χ0n) is 17.4. The highest BCUT2D eigenvalue weighted by Gasteiger charge is 2.34. The third kappa shape index (κ3) is 4.24. The monoisotopic (exact) mass is 386 g/mol. The molecule has 0 aromatic carbocycles. The number of rotatable bonds is 4. The number of carbonyl (C=O) groups is 1. The maximum atomic E-state index is 12.8. The molecule has 1 atom stereocenters. The van der Waals surface area contributed by atoms with Crippen LogP contribution in [0.1, 0.15) is 38.5 Å². The van der Waals surface area contributed by atoms with Crippen molar-refractivity contribution in [2.24, 2.45) is 5.92 Å². The standard InChI is InChI=1S/C21H34N6O/c1-24(2)19-14-20(23-16-22-19)25-12-7-18(8-13-25)27-11-5-6-17(15-27)21(28)26-9-3-4-10-26/h14,16-18H,3-13,15H2,1-2H3. The summed E-state index contributed by atoms with van der Waals surface area (Å²) in [6, 6.07) is 2.67. The van der Waals surface area contributed by atoms with E-state index < -0.39 is 0 Å². The lowest BCUT2D eigenvalue weighted by atomic mass is 9.93. The SMILES string of the molecule is CN(C)c1cc(N2CCC(N3CCCC(C(=O)N4CCCC4)C3)CC2)ncn1. The van der Waals surface area contributed by atoms with Crippen molar-refractivity contribution >= 4 is 17.5 Å². The fourth-order valence-electron chi connectivity index (χ4n) is 4.95. The van der Waals surface area contributed by atoms with Crippen molar-refractivity contribution in [3.05, 3.63) is 12.4 Å². The number of amides is 1. The van der Waals surface area contributed by atoms with Crippen molar-refractivity contribution in [1.82, 2.24) is 19.8 Å². The van der Waals surface area contributed by atoms with E-state index in [2.05, 4.69) is 30.7 Å². The molecule has 0 bridgehead atoms. The highest BCUT2D eigenvalue weighted by atomic mass is 16.2. The van der Waals surface area contributed by atoms with Gasteiger partial charge in [0, 0.05) is 58.9 Å². The maximum Gasteiger partial charge on any atom is 0.226 e. The van der Waals surface area contributed by atoms with E-state index in [0.717, 1.165) is 76.6 Å². The van der Waals surface area contributed by atoms with Gasteiger partial charge in [0.25, 0.3) is 0 Å². The van der Waals surface area contributed by atoms with Crippen LogP contribution in [0, 0.1) is 5.92 Å². The first-order valence-corrected chi connectivity index (χ1v) is 10.9. The predicted octanol–water partition coefficient (Wildman–Crippen LogP) is 1.85. The van der Waals surface area contributed by atoms with Crippen LogP contribution in [0.4, 0.5) is 11.6 Å². The molecule has 0 radical (unpaired) electrons.